The van der Waals surface area contributed by atoms with Crippen molar-refractivity contribution in [3.8, 4) is 0 Å². The molecule has 1 unspecified atom stereocenters. The highest BCUT2D eigenvalue weighted by atomic mass is 35.5. The second-order valence-electron chi connectivity index (χ2n) is 5.82. The van der Waals surface area contributed by atoms with Gasteiger partial charge in [-0.3, -0.25) is 14.4 Å². The van der Waals surface area contributed by atoms with Crippen LogP contribution < -0.4 is 16.2 Å². The predicted octanol–water partition coefficient (Wildman–Crippen LogP) is 2.91. The fraction of sp³-hybridized carbons (Fsp3) is 0.294. The summed E-state index contributed by atoms with van der Waals surface area (Å²) in [4.78, 5) is 44.1. The zero-order valence-electron chi connectivity index (χ0n) is 14.2. The van der Waals surface area contributed by atoms with Crippen LogP contribution in [0.2, 0.25) is 5.02 Å². The molecular formula is C17H17ClN4O3S. The van der Waals surface area contributed by atoms with E-state index < -0.39 is 17.4 Å². The largest absolute Gasteiger partial charge is 0.325 e. The van der Waals surface area contributed by atoms with E-state index in [2.05, 4.69) is 20.6 Å². The lowest BCUT2D eigenvalue weighted by Gasteiger charge is -2.23. The van der Waals surface area contributed by atoms with Crippen LogP contribution in [0.3, 0.4) is 0 Å². The first-order valence-electron chi connectivity index (χ1n) is 8.03. The number of thioether (sulfide) groups is 1. The van der Waals surface area contributed by atoms with E-state index in [1.807, 2.05) is 13.8 Å². The summed E-state index contributed by atoms with van der Waals surface area (Å²) in [5, 5.41) is 6.22. The molecule has 1 aliphatic heterocycles. The lowest BCUT2D eigenvalue weighted by Crippen LogP contribution is -2.36. The molecule has 2 heterocycles. The van der Waals surface area contributed by atoms with Crippen LogP contribution in [0.1, 0.15) is 30.4 Å². The fourth-order valence-electron chi connectivity index (χ4n) is 2.68. The second-order valence-corrected chi connectivity index (χ2v) is 7.48. The molecule has 3 N–H and O–H groups in total. The topological polar surface area (TPSA) is 104 Å². The van der Waals surface area contributed by atoms with E-state index >= 15 is 0 Å². The van der Waals surface area contributed by atoms with Crippen LogP contribution in [0.25, 0.3) is 0 Å². The van der Waals surface area contributed by atoms with Gasteiger partial charge in [-0.15, -0.1) is 0 Å². The zero-order chi connectivity index (χ0) is 18.8. The maximum Gasteiger partial charge on any atom is 0.257 e. The minimum Gasteiger partial charge on any atom is -0.325 e. The number of benzene rings is 1. The molecule has 7 nitrogen and oxygen atoms in total. The molecule has 1 aromatic carbocycles. The van der Waals surface area contributed by atoms with Crippen LogP contribution >= 0.6 is 23.4 Å². The van der Waals surface area contributed by atoms with Gasteiger partial charge in [-0.2, -0.15) is 0 Å². The van der Waals surface area contributed by atoms with Crippen LogP contribution in [0.4, 0.5) is 11.5 Å². The van der Waals surface area contributed by atoms with Gasteiger partial charge in [-0.05, 0) is 30.4 Å². The maximum absolute atomic E-state index is 12.7. The number of fused-ring (bicyclic) bond motifs is 1. The van der Waals surface area contributed by atoms with Gasteiger partial charge in [-0.1, -0.05) is 36.4 Å². The minimum atomic E-state index is -0.921. The van der Waals surface area contributed by atoms with E-state index in [1.54, 1.807) is 18.2 Å². The Bertz CT molecular complexity index is 944. The smallest absolute Gasteiger partial charge is 0.257 e. The third-order valence-electron chi connectivity index (χ3n) is 3.97. The first-order chi connectivity index (χ1) is 12.4. The van der Waals surface area contributed by atoms with Crippen molar-refractivity contribution < 1.29 is 9.59 Å². The molecule has 136 valence electrons. The monoisotopic (exact) mass is 392 g/mol. The third kappa shape index (κ3) is 3.76. The van der Waals surface area contributed by atoms with Gasteiger partial charge in [0.05, 0.1) is 11.5 Å². The van der Waals surface area contributed by atoms with Gasteiger partial charge in [0.15, 0.2) is 5.16 Å². The van der Waals surface area contributed by atoms with Crippen LogP contribution in [0, 0.1) is 6.92 Å². The molecule has 1 aromatic heterocycles. The number of H-pyrrole nitrogens is 1. The number of halogens is 1. The fourth-order valence-corrected chi connectivity index (χ4v) is 3.45. The van der Waals surface area contributed by atoms with E-state index in [0.717, 1.165) is 5.56 Å². The number of nitrogens with zero attached hydrogens (tertiary/aromatic N) is 1. The first-order valence-corrected chi connectivity index (χ1v) is 9.39. The van der Waals surface area contributed by atoms with Crippen molar-refractivity contribution in [2.75, 3.05) is 16.4 Å². The SMILES string of the molecule is CCSc1nc2c(c(=O)[nH]1)C(C(=O)Nc1ccc(C)c(Cl)c1)CC(=O)N2. The number of carbonyl (C=O) groups is 2. The van der Waals surface area contributed by atoms with Gasteiger partial charge in [0.25, 0.3) is 5.56 Å². The van der Waals surface area contributed by atoms with Crippen molar-refractivity contribution >= 4 is 46.7 Å². The van der Waals surface area contributed by atoms with Gasteiger partial charge in [0.1, 0.15) is 5.82 Å². The van der Waals surface area contributed by atoms with E-state index in [1.165, 1.54) is 11.8 Å². The molecule has 2 aromatic rings. The Kier molecular flexibility index (Phi) is 5.33. The molecule has 0 bridgehead atoms. The number of carbonyl (C=O) groups excluding carboxylic acids is 2. The van der Waals surface area contributed by atoms with Crippen molar-refractivity contribution in [2.24, 2.45) is 0 Å². The molecule has 1 atom stereocenters. The molecule has 0 fully saturated rings. The number of amides is 2. The summed E-state index contributed by atoms with van der Waals surface area (Å²) in [6.45, 7) is 3.78. The van der Waals surface area contributed by atoms with E-state index in [0.29, 0.717) is 21.6 Å². The molecule has 9 heteroatoms. The Morgan fingerprint density at radius 1 is 1.42 bits per heavy atom. The van der Waals surface area contributed by atoms with Gasteiger partial charge in [0.2, 0.25) is 11.8 Å². The normalized spacial score (nSPS) is 16.0. The Labute approximate surface area is 158 Å². The van der Waals surface area contributed by atoms with Crippen LogP contribution in [-0.2, 0) is 9.59 Å². The number of hydrogen-bond acceptors (Lipinski definition) is 5. The van der Waals surface area contributed by atoms with E-state index in [-0.39, 0.29) is 23.7 Å². The maximum atomic E-state index is 12.7. The van der Waals surface area contributed by atoms with Gasteiger partial charge in [-0.25, -0.2) is 4.98 Å². The lowest BCUT2D eigenvalue weighted by molar-refractivity contribution is -0.123. The third-order valence-corrected chi connectivity index (χ3v) is 5.13. The highest BCUT2D eigenvalue weighted by Gasteiger charge is 2.34. The number of hydrogen-bond donors (Lipinski definition) is 3. The Morgan fingerprint density at radius 3 is 2.88 bits per heavy atom. The number of aromatic amines is 1. The molecule has 0 saturated carbocycles. The summed E-state index contributed by atoms with van der Waals surface area (Å²) in [6.07, 6.45) is -0.122. The van der Waals surface area contributed by atoms with Crippen molar-refractivity contribution in [1.82, 2.24) is 9.97 Å². The highest BCUT2D eigenvalue weighted by Crippen LogP contribution is 2.30. The van der Waals surface area contributed by atoms with Crippen molar-refractivity contribution in [2.45, 2.75) is 31.3 Å². The summed E-state index contributed by atoms with van der Waals surface area (Å²) in [7, 11) is 0. The number of rotatable bonds is 4. The summed E-state index contributed by atoms with van der Waals surface area (Å²) in [5.74, 6) is -0.874. The van der Waals surface area contributed by atoms with Crippen LogP contribution in [-0.4, -0.2) is 27.5 Å². The number of nitrogens with one attached hydrogen (secondary N) is 3. The van der Waals surface area contributed by atoms with Gasteiger partial charge < -0.3 is 15.6 Å². The molecular weight excluding hydrogens is 376 g/mol. The van der Waals surface area contributed by atoms with Crippen molar-refractivity contribution in [3.05, 3.63) is 44.7 Å². The quantitative estimate of drug-likeness (QED) is 0.548. The molecule has 0 spiro atoms. The van der Waals surface area contributed by atoms with Gasteiger partial charge in [0, 0.05) is 17.1 Å². The number of anilines is 2. The highest BCUT2D eigenvalue weighted by molar-refractivity contribution is 7.99. The Balaban J connectivity index is 1.93. The summed E-state index contributed by atoms with van der Waals surface area (Å²) in [5.41, 5.74) is 1.13. The predicted molar refractivity (Wildman–Crippen MR) is 102 cm³/mol. The molecule has 0 aliphatic carbocycles. The van der Waals surface area contributed by atoms with Crippen LogP contribution in [0.5, 0.6) is 0 Å². The molecule has 0 radical (unpaired) electrons. The van der Waals surface area contributed by atoms with Crippen molar-refractivity contribution in [3.63, 3.8) is 0 Å². The summed E-state index contributed by atoms with van der Waals surface area (Å²) >= 11 is 7.42. The molecule has 2 amide bonds. The summed E-state index contributed by atoms with van der Waals surface area (Å²) in [6, 6.07) is 5.12. The molecule has 1 aliphatic rings. The molecule has 0 saturated heterocycles. The zero-order valence-corrected chi connectivity index (χ0v) is 15.8. The van der Waals surface area contributed by atoms with E-state index in [9.17, 15) is 14.4 Å². The Hall–Kier alpha value is -2.32. The van der Waals surface area contributed by atoms with E-state index in [4.69, 9.17) is 11.6 Å². The summed E-state index contributed by atoms with van der Waals surface area (Å²) < 4.78 is 0. The lowest BCUT2D eigenvalue weighted by atomic mass is 9.92. The minimum absolute atomic E-state index is 0.122. The molecule has 26 heavy (non-hydrogen) atoms. The average molecular weight is 393 g/mol. The Morgan fingerprint density at radius 2 is 2.19 bits per heavy atom. The number of aromatic nitrogens is 2. The first kappa shape index (κ1) is 18.5. The second kappa shape index (κ2) is 7.51. The average Bonchev–Trinajstić information content (AvgIpc) is 2.57. The van der Waals surface area contributed by atoms with Crippen LogP contribution in [0.15, 0.2) is 28.2 Å². The standard InChI is InChI=1S/C17H17ClN4O3S/c1-3-26-17-21-14-13(16(25)22-17)10(7-12(23)20-14)15(24)19-9-5-4-8(2)11(18)6-9/h4-6,10H,3,7H2,1-2H3,(H,19,24)(H2,20,21,22,23,25). The molecule has 3 rings (SSSR count). The number of aryl methyl sites for hydroxylation is 1. The van der Waals surface area contributed by atoms with Crippen molar-refractivity contribution in [1.29, 1.82) is 0 Å². The van der Waals surface area contributed by atoms with Gasteiger partial charge >= 0.3 is 0 Å².